The van der Waals surface area contributed by atoms with Crippen molar-refractivity contribution < 1.29 is 4.79 Å². The molecule has 1 amide bonds. The Labute approximate surface area is 130 Å². The van der Waals surface area contributed by atoms with Gasteiger partial charge in [-0.2, -0.15) is 0 Å². The van der Waals surface area contributed by atoms with E-state index in [1.165, 1.54) is 0 Å². The van der Waals surface area contributed by atoms with Gasteiger partial charge in [-0.05, 0) is 67.2 Å². The molecule has 1 unspecified atom stereocenters. The van der Waals surface area contributed by atoms with Gasteiger partial charge in [0.25, 0.3) is 5.91 Å². The highest BCUT2D eigenvalue weighted by Gasteiger charge is 2.20. The van der Waals surface area contributed by atoms with Crippen molar-refractivity contribution in [2.45, 2.75) is 18.9 Å². The normalized spacial score (nSPS) is 20.7. The first-order valence-electron chi connectivity index (χ1n) is 6.00. The standard InChI is InChI=1S/C13H16BrIN2O/c1-17-6-2-3-10(8-17)16-13(18)11-7-9(14)4-5-12(11)15/h4-5,7,10H,2-3,6,8H2,1H3,(H,16,18). The summed E-state index contributed by atoms with van der Waals surface area (Å²) in [5, 5.41) is 3.13. The van der Waals surface area contributed by atoms with Gasteiger partial charge in [0.15, 0.2) is 0 Å². The maximum atomic E-state index is 12.2. The lowest BCUT2D eigenvalue weighted by atomic mass is 10.1. The molecule has 1 aromatic rings. The molecule has 1 N–H and O–H groups in total. The molecule has 1 aromatic carbocycles. The average molecular weight is 423 g/mol. The van der Waals surface area contributed by atoms with Gasteiger partial charge in [-0.25, -0.2) is 0 Å². The summed E-state index contributed by atoms with van der Waals surface area (Å²) in [6, 6.07) is 6.05. The van der Waals surface area contributed by atoms with Crippen molar-refractivity contribution in [1.82, 2.24) is 10.2 Å². The number of nitrogens with zero attached hydrogens (tertiary/aromatic N) is 1. The molecular formula is C13H16BrIN2O. The number of carbonyl (C=O) groups is 1. The van der Waals surface area contributed by atoms with E-state index in [0.29, 0.717) is 0 Å². The molecule has 5 heteroatoms. The lowest BCUT2D eigenvalue weighted by molar-refractivity contribution is 0.0911. The molecule has 1 fully saturated rings. The lowest BCUT2D eigenvalue weighted by Crippen LogP contribution is -2.46. The summed E-state index contributed by atoms with van der Waals surface area (Å²) < 4.78 is 1.92. The van der Waals surface area contributed by atoms with E-state index in [4.69, 9.17) is 0 Å². The molecule has 0 saturated carbocycles. The van der Waals surface area contributed by atoms with E-state index in [0.717, 1.165) is 39.5 Å². The minimum Gasteiger partial charge on any atom is -0.348 e. The van der Waals surface area contributed by atoms with Gasteiger partial charge in [-0.3, -0.25) is 4.79 Å². The van der Waals surface area contributed by atoms with E-state index in [-0.39, 0.29) is 11.9 Å². The molecule has 1 heterocycles. The number of carbonyl (C=O) groups excluding carboxylic acids is 1. The van der Waals surface area contributed by atoms with Gasteiger partial charge < -0.3 is 10.2 Å². The van der Waals surface area contributed by atoms with Crippen LogP contribution >= 0.6 is 38.5 Å². The third-order valence-corrected chi connectivity index (χ3v) is 4.57. The summed E-state index contributed by atoms with van der Waals surface area (Å²) in [5.41, 5.74) is 0.748. The monoisotopic (exact) mass is 422 g/mol. The van der Waals surface area contributed by atoms with Crippen LogP contribution in [0.4, 0.5) is 0 Å². The molecule has 0 aliphatic carbocycles. The van der Waals surface area contributed by atoms with Crippen molar-refractivity contribution in [3.8, 4) is 0 Å². The average Bonchev–Trinajstić information content (AvgIpc) is 2.32. The Morgan fingerprint density at radius 3 is 3.06 bits per heavy atom. The molecule has 1 aliphatic rings. The second-order valence-corrected chi connectivity index (χ2v) is 6.78. The van der Waals surface area contributed by atoms with Crippen molar-refractivity contribution in [1.29, 1.82) is 0 Å². The maximum absolute atomic E-state index is 12.2. The lowest BCUT2D eigenvalue weighted by Gasteiger charge is -2.30. The Morgan fingerprint density at radius 2 is 2.33 bits per heavy atom. The molecule has 3 nitrogen and oxygen atoms in total. The summed E-state index contributed by atoms with van der Waals surface area (Å²) >= 11 is 5.61. The molecule has 98 valence electrons. The molecule has 1 saturated heterocycles. The van der Waals surface area contributed by atoms with Crippen molar-refractivity contribution in [3.63, 3.8) is 0 Å². The van der Waals surface area contributed by atoms with Gasteiger partial charge in [0.05, 0.1) is 5.56 Å². The molecule has 18 heavy (non-hydrogen) atoms. The Kier molecular flexibility index (Phi) is 5.03. The van der Waals surface area contributed by atoms with Crippen LogP contribution in [0.1, 0.15) is 23.2 Å². The number of piperidine rings is 1. The van der Waals surface area contributed by atoms with Gasteiger partial charge in [0.1, 0.15) is 0 Å². The fraction of sp³-hybridized carbons (Fsp3) is 0.462. The molecule has 0 radical (unpaired) electrons. The zero-order chi connectivity index (χ0) is 13.1. The number of hydrogen-bond donors (Lipinski definition) is 1. The largest absolute Gasteiger partial charge is 0.348 e. The van der Waals surface area contributed by atoms with Crippen LogP contribution in [0.5, 0.6) is 0 Å². The molecule has 1 atom stereocenters. The quantitative estimate of drug-likeness (QED) is 0.743. The second kappa shape index (κ2) is 6.34. The Balaban J connectivity index is 2.05. The third-order valence-electron chi connectivity index (χ3n) is 3.13. The first kappa shape index (κ1) is 14.3. The van der Waals surface area contributed by atoms with Gasteiger partial charge in [0.2, 0.25) is 0 Å². The van der Waals surface area contributed by atoms with E-state index in [9.17, 15) is 4.79 Å². The van der Waals surface area contributed by atoms with Crippen LogP contribution in [0, 0.1) is 3.57 Å². The highest BCUT2D eigenvalue weighted by Crippen LogP contribution is 2.19. The summed E-state index contributed by atoms with van der Waals surface area (Å²) in [7, 11) is 2.10. The van der Waals surface area contributed by atoms with Gasteiger partial charge >= 0.3 is 0 Å². The number of likely N-dealkylation sites (tertiary alicyclic amines) is 1. The highest BCUT2D eigenvalue weighted by molar-refractivity contribution is 14.1. The van der Waals surface area contributed by atoms with Crippen LogP contribution in [0.2, 0.25) is 0 Å². The van der Waals surface area contributed by atoms with E-state index in [2.05, 4.69) is 55.8 Å². The predicted molar refractivity (Wildman–Crippen MR) is 84.8 cm³/mol. The third kappa shape index (κ3) is 3.68. The van der Waals surface area contributed by atoms with Crippen LogP contribution in [-0.4, -0.2) is 37.0 Å². The van der Waals surface area contributed by atoms with Gasteiger partial charge in [-0.15, -0.1) is 0 Å². The van der Waals surface area contributed by atoms with Crippen LogP contribution in [-0.2, 0) is 0 Å². The minimum absolute atomic E-state index is 0.0287. The summed E-state index contributed by atoms with van der Waals surface area (Å²) in [5.74, 6) is 0.0287. The van der Waals surface area contributed by atoms with Crippen molar-refractivity contribution in [3.05, 3.63) is 31.8 Å². The molecule has 0 spiro atoms. The summed E-state index contributed by atoms with van der Waals surface area (Å²) in [4.78, 5) is 14.5. The Hall–Kier alpha value is -0.140. The van der Waals surface area contributed by atoms with Gasteiger partial charge in [-0.1, -0.05) is 15.9 Å². The second-order valence-electron chi connectivity index (χ2n) is 4.70. The number of hydrogen-bond acceptors (Lipinski definition) is 2. The van der Waals surface area contributed by atoms with Crippen LogP contribution < -0.4 is 5.32 Å². The van der Waals surface area contributed by atoms with Crippen LogP contribution in [0.15, 0.2) is 22.7 Å². The van der Waals surface area contributed by atoms with Crippen molar-refractivity contribution >= 4 is 44.4 Å². The number of halogens is 2. The summed E-state index contributed by atoms with van der Waals surface area (Å²) in [6.07, 6.45) is 2.22. The molecule has 0 aromatic heterocycles. The smallest absolute Gasteiger partial charge is 0.252 e. The van der Waals surface area contributed by atoms with Crippen molar-refractivity contribution in [2.24, 2.45) is 0 Å². The first-order chi connectivity index (χ1) is 8.56. The van der Waals surface area contributed by atoms with Crippen LogP contribution in [0.3, 0.4) is 0 Å². The Morgan fingerprint density at radius 1 is 1.56 bits per heavy atom. The molecule has 1 aliphatic heterocycles. The predicted octanol–water partition coefficient (Wildman–Crippen LogP) is 2.88. The first-order valence-corrected chi connectivity index (χ1v) is 7.88. The number of nitrogens with one attached hydrogen (secondary N) is 1. The molecule has 0 bridgehead atoms. The Bertz CT molecular complexity index is 453. The van der Waals surface area contributed by atoms with Crippen LogP contribution in [0.25, 0.3) is 0 Å². The van der Waals surface area contributed by atoms with Gasteiger partial charge in [0, 0.05) is 20.6 Å². The summed E-state index contributed by atoms with van der Waals surface area (Å²) in [6.45, 7) is 2.07. The van der Waals surface area contributed by atoms with Crippen molar-refractivity contribution in [2.75, 3.05) is 20.1 Å². The number of likely N-dealkylation sites (N-methyl/N-ethyl adjacent to an activating group) is 1. The zero-order valence-electron chi connectivity index (χ0n) is 10.2. The number of rotatable bonds is 2. The van der Waals surface area contributed by atoms with E-state index < -0.39 is 0 Å². The number of benzene rings is 1. The van der Waals surface area contributed by atoms with E-state index >= 15 is 0 Å². The molecule has 2 rings (SSSR count). The molecular weight excluding hydrogens is 407 g/mol. The maximum Gasteiger partial charge on any atom is 0.252 e. The highest BCUT2D eigenvalue weighted by atomic mass is 127. The van der Waals surface area contributed by atoms with E-state index in [1.807, 2.05) is 18.2 Å². The fourth-order valence-electron chi connectivity index (χ4n) is 2.22. The fourth-order valence-corrected chi connectivity index (χ4v) is 3.16. The zero-order valence-corrected chi connectivity index (χ0v) is 14.0. The number of amides is 1. The van der Waals surface area contributed by atoms with E-state index in [1.54, 1.807) is 0 Å². The topological polar surface area (TPSA) is 32.3 Å². The minimum atomic E-state index is 0.0287. The SMILES string of the molecule is CN1CCCC(NC(=O)c2cc(Br)ccc2I)C1.